The second-order valence-corrected chi connectivity index (χ2v) is 20.7. The number of halogens is 1. The summed E-state index contributed by atoms with van der Waals surface area (Å²) in [6.07, 6.45) is -1.20. The van der Waals surface area contributed by atoms with Crippen LogP contribution in [0.1, 0.15) is 105 Å². The summed E-state index contributed by atoms with van der Waals surface area (Å²) in [7, 11) is 5.94. The van der Waals surface area contributed by atoms with Crippen LogP contribution in [-0.2, 0) is 54.3 Å². The highest BCUT2D eigenvalue weighted by Crippen LogP contribution is 2.31. The maximum absolute atomic E-state index is 15.4. The summed E-state index contributed by atoms with van der Waals surface area (Å²) in [5, 5.41) is 15.0. The lowest BCUT2D eigenvalue weighted by molar-refractivity contribution is -0.149. The van der Waals surface area contributed by atoms with Crippen molar-refractivity contribution in [2.75, 3.05) is 47.3 Å². The van der Waals surface area contributed by atoms with Crippen molar-refractivity contribution < 1.29 is 57.3 Å². The zero-order valence-corrected chi connectivity index (χ0v) is 43.9. The van der Waals surface area contributed by atoms with E-state index in [1.165, 1.54) is 45.6 Å². The first kappa shape index (κ1) is 59.6. The van der Waals surface area contributed by atoms with E-state index >= 15 is 4.39 Å². The molecule has 0 radical (unpaired) electrons. The van der Waals surface area contributed by atoms with Gasteiger partial charge in [-0.05, 0) is 36.2 Å². The average Bonchev–Trinajstić information content (AvgIpc) is 3.83. The van der Waals surface area contributed by atoms with Gasteiger partial charge < -0.3 is 45.6 Å². The van der Waals surface area contributed by atoms with Crippen molar-refractivity contribution in [2.24, 2.45) is 29.4 Å². The number of carbonyl (C=O) groups is 8. The van der Waals surface area contributed by atoms with Gasteiger partial charge in [0.05, 0.1) is 48.4 Å². The highest BCUT2D eigenvalue weighted by atomic mass is 32.2. The number of carboxylic acid groups (broad SMARTS) is 1. The molecule has 7 amide bonds. The van der Waals surface area contributed by atoms with Gasteiger partial charge in [0, 0.05) is 66.4 Å². The minimum atomic E-state index is -1.43. The maximum Gasteiger partial charge on any atom is 0.326 e. The van der Waals surface area contributed by atoms with Gasteiger partial charge in [-0.3, -0.25) is 38.5 Å². The highest BCUT2D eigenvalue weighted by Gasteiger charge is 2.46. The van der Waals surface area contributed by atoms with E-state index in [2.05, 4.69) is 10.6 Å². The molecule has 2 fully saturated rings. The Morgan fingerprint density at radius 2 is 1.57 bits per heavy atom. The van der Waals surface area contributed by atoms with Crippen LogP contribution in [0.25, 0.3) is 0 Å². The Morgan fingerprint density at radius 3 is 2.13 bits per heavy atom. The second-order valence-electron chi connectivity index (χ2n) is 19.5. The maximum atomic E-state index is 15.4. The van der Waals surface area contributed by atoms with Gasteiger partial charge in [0.2, 0.25) is 41.4 Å². The number of methoxy groups -OCH3 is 2. The Hall–Kier alpha value is -4.66. The minimum absolute atomic E-state index is 0.0382. The number of rotatable bonds is 29. The van der Waals surface area contributed by atoms with Gasteiger partial charge in [-0.15, -0.1) is 11.8 Å². The Morgan fingerprint density at radius 1 is 0.914 bits per heavy atom. The molecule has 394 valence electrons. The number of likely N-dealkylation sites (tertiary alicyclic amines) is 2. The first-order chi connectivity index (χ1) is 33.0. The lowest BCUT2D eigenvalue weighted by atomic mass is 9.89. The summed E-state index contributed by atoms with van der Waals surface area (Å²) in [5.41, 5.74) is 6.27. The van der Waals surface area contributed by atoms with Crippen LogP contribution in [0.3, 0.4) is 0 Å². The molecular formula is C50H80FN7O11S. The Labute approximate surface area is 418 Å². The van der Waals surface area contributed by atoms with Crippen LogP contribution in [-0.4, -0.2) is 173 Å². The number of nitrogens with one attached hydrogen (secondary N) is 2. The van der Waals surface area contributed by atoms with E-state index in [9.17, 15) is 43.5 Å². The Bertz CT molecular complexity index is 1930. The Kier molecular flexibility index (Phi) is 24.2. The number of benzene rings is 1. The van der Waals surface area contributed by atoms with Crippen LogP contribution < -0.4 is 16.4 Å². The molecule has 2 heterocycles. The van der Waals surface area contributed by atoms with Crippen LogP contribution in [0.15, 0.2) is 30.3 Å². The van der Waals surface area contributed by atoms with Crippen LogP contribution in [0, 0.1) is 23.7 Å². The molecule has 18 nitrogen and oxygen atoms in total. The Balaban J connectivity index is 1.72. The monoisotopic (exact) mass is 1010 g/mol. The van der Waals surface area contributed by atoms with Crippen molar-refractivity contribution in [1.82, 2.24) is 30.2 Å². The highest BCUT2D eigenvalue weighted by molar-refractivity contribution is 8.00. The number of likely N-dealkylation sites (N-methyl/N-ethyl adjacent to an activating group) is 2. The summed E-state index contributed by atoms with van der Waals surface area (Å²) in [6.45, 7) is 12.6. The van der Waals surface area contributed by atoms with E-state index < -0.39 is 95.3 Å². The molecule has 1 unspecified atom stereocenters. The van der Waals surface area contributed by atoms with Crippen molar-refractivity contribution in [3.63, 3.8) is 0 Å². The van der Waals surface area contributed by atoms with Crippen molar-refractivity contribution in [1.29, 1.82) is 0 Å². The third kappa shape index (κ3) is 15.9. The number of amides is 7. The molecule has 0 aromatic heterocycles. The number of alkyl halides is 1. The number of hydrogen-bond acceptors (Lipinski definition) is 12. The van der Waals surface area contributed by atoms with Crippen molar-refractivity contribution in [2.45, 2.75) is 160 Å². The predicted molar refractivity (Wildman–Crippen MR) is 265 cm³/mol. The topological polar surface area (TPSA) is 238 Å². The summed E-state index contributed by atoms with van der Waals surface area (Å²) in [6, 6.07) is 4.10. The van der Waals surface area contributed by atoms with Gasteiger partial charge in [-0.2, -0.15) is 0 Å². The van der Waals surface area contributed by atoms with E-state index in [0.29, 0.717) is 31.2 Å². The molecule has 2 aliphatic heterocycles. The number of nitrogens with zero attached hydrogens (tertiary/aromatic N) is 4. The summed E-state index contributed by atoms with van der Waals surface area (Å²) in [4.78, 5) is 113. The fraction of sp³-hybridized carbons (Fsp3) is 0.720. The molecular weight excluding hydrogens is 926 g/mol. The quantitative estimate of drug-likeness (QED) is 0.0511. The number of ether oxygens (including phenoxy) is 2. The minimum Gasteiger partial charge on any atom is -0.480 e. The van der Waals surface area contributed by atoms with Crippen molar-refractivity contribution >= 4 is 59.1 Å². The molecule has 0 spiro atoms. The van der Waals surface area contributed by atoms with Crippen LogP contribution in [0.4, 0.5) is 4.39 Å². The molecule has 11 atom stereocenters. The largest absolute Gasteiger partial charge is 0.480 e. The molecule has 3 rings (SSSR count). The van der Waals surface area contributed by atoms with Crippen LogP contribution in [0.2, 0.25) is 0 Å². The first-order valence-corrected chi connectivity index (χ1v) is 25.6. The van der Waals surface area contributed by atoms with Gasteiger partial charge in [0.1, 0.15) is 24.3 Å². The normalized spacial score (nSPS) is 20.6. The molecule has 1 aromatic carbocycles. The smallest absolute Gasteiger partial charge is 0.326 e. The van der Waals surface area contributed by atoms with Crippen LogP contribution in [0.5, 0.6) is 0 Å². The van der Waals surface area contributed by atoms with E-state index in [1.807, 2.05) is 27.7 Å². The molecule has 5 N–H and O–H groups in total. The van der Waals surface area contributed by atoms with Crippen molar-refractivity contribution in [3.05, 3.63) is 35.9 Å². The summed E-state index contributed by atoms with van der Waals surface area (Å²) < 4.78 is 27.1. The number of imide groups is 1. The number of unbranched alkanes of at least 4 members (excludes halogenated alkanes) is 2. The van der Waals surface area contributed by atoms with Gasteiger partial charge in [-0.1, -0.05) is 91.6 Å². The number of carboxylic acids is 1. The molecule has 20 heteroatoms. The lowest BCUT2D eigenvalue weighted by Gasteiger charge is -2.41. The van der Waals surface area contributed by atoms with Gasteiger partial charge in [0.25, 0.3) is 0 Å². The molecule has 2 aliphatic rings. The van der Waals surface area contributed by atoms with Gasteiger partial charge in [-0.25, -0.2) is 9.18 Å². The average molecular weight is 1010 g/mol. The number of thioether (sulfide) groups is 1. The van der Waals surface area contributed by atoms with E-state index in [1.54, 1.807) is 65.2 Å². The standard InChI is InChI=1S/C50H80FN7O11S/c1-12-31(6)44(37(68-10)25-40(60)58-27-34(51)24-36(58)45(69-11)32(7)46(62)53-35(50(66)67)23-33-19-15-13-16-20-33)56(9)49(65)42(29(2)3)54-47(63)43(30(4)5)55(8)39(59)21-17-14-18-22-57-41(61)26-38(48(57)64)70-28-52/h13,15-16,19-20,29-32,34-38,42-45H,12,14,17-18,21-28,52H2,1-11H3,(H,53,62)(H,54,63)(H,66,67)/t31-,32+,34-,35-,36-,37+,38?,42-,43-,44-,45+/m0/s1. The number of carbonyl (C=O) groups excluding carboxylic acids is 7. The number of nitrogens with two attached hydrogens (primary N) is 1. The van der Waals surface area contributed by atoms with E-state index in [0.717, 1.165) is 0 Å². The third-order valence-corrected chi connectivity index (χ3v) is 14.8. The van der Waals surface area contributed by atoms with Crippen LogP contribution >= 0.6 is 11.8 Å². The second kappa shape index (κ2) is 28.4. The zero-order valence-electron chi connectivity index (χ0n) is 43.1. The SMILES string of the molecule is CC[C@H](C)[C@@H]([C@@H](CC(=O)N1C[C@@H](F)C[C@H]1[C@H](OC)[C@@H](C)C(=O)N[C@@H](Cc1ccccc1)C(=O)O)OC)N(C)C(=O)[C@@H](NC(=O)[C@H](C(C)C)N(C)C(=O)CCCCCN1C(=O)CC(SCN)C1=O)C(C)C. The third-order valence-electron chi connectivity index (χ3n) is 13.9. The first-order valence-electron chi connectivity index (χ1n) is 24.6. The summed E-state index contributed by atoms with van der Waals surface area (Å²) >= 11 is 1.25. The molecule has 70 heavy (non-hydrogen) atoms. The van der Waals surface area contributed by atoms with E-state index in [-0.39, 0.29) is 80.6 Å². The number of hydrogen-bond donors (Lipinski definition) is 4. The van der Waals surface area contributed by atoms with Gasteiger partial charge in [0.15, 0.2) is 0 Å². The fourth-order valence-electron chi connectivity index (χ4n) is 9.71. The molecule has 0 bridgehead atoms. The lowest BCUT2D eigenvalue weighted by Crippen LogP contribution is -2.60. The fourth-order valence-corrected chi connectivity index (χ4v) is 10.5. The molecule has 2 saturated heterocycles. The summed E-state index contributed by atoms with van der Waals surface area (Å²) in [5.74, 6) is -5.68. The van der Waals surface area contributed by atoms with E-state index in [4.69, 9.17) is 15.2 Å². The zero-order chi connectivity index (χ0) is 52.6. The molecule has 0 saturated carbocycles. The number of aliphatic carboxylic acids is 1. The van der Waals surface area contributed by atoms with Crippen molar-refractivity contribution in [3.8, 4) is 0 Å². The van der Waals surface area contributed by atoms with Gasteiger partial charge >= 0.3 is 5.97 Å². The predicted octanol–water partition coefficient (Wildman–Crippen LogP) is 3.63. The molecule has 1 aromatic rings. The molecule has 0 aliphatic carbocycles.